The van der Waals surface area contributed by atoms with Gasteiger partial charge in [0, 0.05) is 12.7 Å². The number of aromatic nitrogens is 2. The summed E-state index contributed by atoms with van der Waals surface area (Å²) in [5.41, 5.74) is 1.60. The van der Waals surface area contributed by atoms with Gasteiger partial charge in [0.1, 0.15) is 0 Å². The molecule has 1 heterocycles. The highest BCUT2D eigenvalue weighted by atomic mass is 15.3. The van der Waals surface area contributed by atoms with E-state index in [1.807, 2.05) is 0 Å². The van der Waals surface area contributed by atoms with Gasteiger partial charge in [-0.05, 0) is 43.7 Å². The molecule has 1 aromatic rings. The molecule has 1 aliphatic rings. The van der Waals surface area contributed by atoms with Crippen LogP contribution in [0.5, 0.6) is 0 Å². The van der Waals surface area contributed by atoms with E-state index in [9.17, 15) is 0 Å². The molecule has 0 radical (unpaired) electrons. The van der Waals surface area contributed by atoms with E-state index in [0.717, 1.165) is 19.5 Å². The van der Waals surface area contributed by atoms with Crippen molar-refractivity contribution in [2.75, 3.05) is 13.1 Å². The standard InChI is InChI=1S/C18H33N3/c1-4-12-18(3,15-19-5-2)14-16-11-13-21(20-16)17-9-7-6-8-10-17/h11,13,17,19H,4-10,12,14-15H2,1-3H3. The summed E-state index contributed by atoms with van der Waals surface area (Å²) in [6, 6.07) is 2.90. The molecular weight excluding hydrogens is 258 g/mol. The molecule has 0 spiro atoms. The van der Waals surface area contributed by atoms with Crippen molar-refractivity contribution in [2.24, 2.45) is 5.41 Å². The van der Waals surface area contributed by atoms with Crippen molar-refractivity contribution in [1.82, 2.24) is 15.1 Å². The fraction of sp³-hybridized carbons (Fsp3) is 0.833. The molecule has 120 valence electrons. The highest BCUT2D eigenvalue weighted by molar-refractivity contribution is 5.04. The molecule has 21 heavy (non-hydrogen) atoms. The lowest BCUT2D eigenvalue weighted by Gasteiger charge is -2.29. The second kappa shape index (κ2) is 7.98. The number of hydrogen-bond donors (Lipinski definition) is 1. The van der Waals surface area contributed by atoms with Crippen LogP contribution in [0.1, 0.15) is 77.5 Å². The molecule has 0 bridgehead atoms. The van der Waals surface area contributed by atoms with Crippen LogP contribution in [-0.4, -0.2) is 22.9 Å². The average Bonchev–Trinajstić information content (AvgIpc) is 2.94. The van der Waals surface area contributed by atoms with E-state index in [1.54, 1.807) is 0 Å². The maximum Gasteiger partial charge on any atom is 0.0630 e. The van der Waals surface area contributed by atoms with Crippen molar-refractivity contribution < 1.29 is 0 Å². The van der Waals surface area contributed by atoms with E-state index in [1.165, 1.54) is 50.6 Å². The van der Waals surface area contributed by atoms with Crippen LogP contribution in [0.4, 0.5) is 0 Å². The maximum atomic E-state index is 4.90. The van der Waals surface area contributed by atoms with Crippen LogP contribution in [0.25, 0.3) is 0 Å². The maximum absolute atomic E-state index is 4.90. The molecule has 0 amide bonds. The second-order valence-electron chi connectivity index (χ2n) is 7.10. The molecule has 2 rings (SSSR count). The first-order valence-corrected chi connectivity index (χ1v) is 8.91. The Morgan fingerprint density at radius 2 is 2.05 bits per heavy atom. The van der Waals surface area contributed by atoms with Gasteiger partial charge in [-0.15, -0.1) is 0 Å². The monoisotopic (exact) mass is 291 g/mol. The molecule has 0 saturated heterocycles. The first-order valence-electron chi connectivity index (χ1n) is 8.91. The molecule has 1 saturated carbocycles. The van der Waals surface area contributed by atoms with E-state index in [-0.39, 0.29) is 0 Å². The van der Waals surface area contributed by atoms with Crippen molar-refractivity contribution in [1.29, 1.82) is 0 Å². The lowest BCUT2D eigenvalue weighted by molar-refractivity contribution is 0.271. The van der Waals surface area contributed by atoms with Crippen LogP contribution in [0.2, 0.25) is 0 Å². The highest BCUT2D eigenvalue weighted by Crippen LogP contribution is 2.30. The fourth-order valence-electron chi connectivity index (χ4n) is 3.73. The predicted molar refractivity (Wildman–Crippen MR) is 89.6 cm³/mol. The Morgan fingerprint density at radius 3 is 2.71 bits per heavy atom. The van der Waals surface area contributed by atoms with Crippen molar-refractivity contribution in [3.05, 3.63) is 18.0 Å². The molecule has 3 nitrogen and oxygen atoms in total. The average molecular weight is 291 g/mol. The van der Waals surface area contributed by atoms with Gasteiger partial charge in [0.2, 0.25) is 0 Å². The first-order chi connectivity index (χ1) is 10.2. The molecule has 3 heteroatoms. The van der Waals surface area contributed by atoms with E-state index in [4.69, 9.17) is 5.10 Å². The van der Waals surface area contributed by atoms with Gasteiger partial charge in [-0.25, -0.2) is 0 Å². The van der Waals surface area contributed by atoms with Crippen LogP contribution < -0.4 is 5.32 Å². The minimum absolute atomic E-state index is 0.330. The zero-order valence-electron chi connectivity index (χ0n) is 14.2. The van der Waals surface area contributed by atoms with Crippen molar-refractivity contribution in [2.45, 2.75) is 78.2 Å². The van der Waals surface area contributed by atoms with Gasteiger partial charge in [-0.2, -0.15) is 5.10 Å². The van der Waals surface area contributed by atoms with Gasteiger partial charge in [-0.1, -0.05) is 46.5 Å². The van der Waals surface area contributed by atoms with Crippen molar-refractivity contribution in [3.63, 3.8) is 0 Å². The zero-order chi connectivity index (χ0) is 15.1. The van der Waals surface area contributed by atoms with Gasteiger partial charge in [0.25, 0.3) is 0 Å². The minimum Gasteiger partial charge on any atom is -0.316 e. The zero-order valence-corrected chi connectivity index (χ0v) is 14.2. The number of rotatable bonds is 8. The largest absolute Gasteiger partial charge is 0.316 e. The van der Waals surface area contributed by atoms with Gasteiger partial charge in [0.15, 0.2) is 0 Å². The highest BCUT2D eigenvalue weighted by Gasteiger charge is 2.25. The van der Waals surface area contributed by atoms with E-state index < -0.39 is 0 Å². The minimum atomic E-state index is 0.330. The number of nitrogens with one attached hydrogen (secondary N) is 1. The van der Waals surface area contributed by atoms with Crippen LogP contribution in [0.3, 0.4) is 0 Å². The summed E-state index contributed by atoms with van der Waals surface area (Å²) in [5.74, 6) is 0. The smallest absolute Gasteiger partial charge is 0.0630 e. The summed E-state index contributed by atoms with van der Waals surface area (Å²) >= 11 is 0. The summed E-state index contributed by atoms with van der Waals surface area (Å²) in [5, 5.41) is 8.43. The number of hydrogen-bond acceptors (Lipinski definition) is 2. The van der Waals surface area contributed by atoms with E-state index in [0.29, 0.717) is 11.5 Å². The third-order valence-electron chi connectivity index (χ3n) is 4.88. The molecule has 1 aliphatic carbocycles. The van der Waals surface area contributed by atoms with Crippen molar-refractivity contribution >= 4 is 0 Å². The van der Waals surface area contributed by atoms with Gasteiger partial charge in [-0.3, -0.25) is 4.68 Å². The van der Waals surface area contributed by atoms with E-state index >= 15 is 0 Å². The Balaban J connectivity index is 1.98. The molecular formula is C18H33N3. The molecule has 1 atom stereocenters. The van der Waals surface area contributed by atoms with Crippen LogP contribution in [0, 0.1) is 5.41 Å². The van der Waals surface area contributed by atoms with Crippen LogP contribution in [0.15, 0.2) is 12.3 Å². The molecule has 0 aliphatic heterocycles. The normalized spacial score (nSPS) is 19.6. The molecule has 1 N–H and O–H groups in total. The Hall–Kier alpha value is -0.830. The summed E-state index contributed by atoms with van der Waals surface area (Å²) in [6.45, 7) is 9.01. The summed E-state index contributed by atoms with van der Waals surface area (Å²) in [4.78, 5) is 0. The Morgan fingerprint density at radius 1 is 1.29 bits per heavy atom. The topological polar surface area (TPSA) is 29.9 Å². The second-order valence-corrected chi connectivity index (χ2v) is 7.10. The predicted octanol–water partition coefficient (Wildman–Crippen LogP) is 4.35. The van der Waals surface area contributed by atoms with Gasteiger partial charge < -0.3 is 5.32 Å². The quantitative estimate of drug-likeness (QED) is 0.772. The third kappa shape index (κ3) is 4.84. The Kier molecular flexibility index (Phi) is 6.28. The number of nitrogens with zero attached hydrogens (tertiary/aromatic N) is 2. The Labute approximate surface area is 130 Å². The molecule has 1 unspecified atom stereocenters. The SMILES string of the molecule is CCCC(C)(CNCC)Cc1ccn(C2CCCCC2)n1. The lowest BCUT2D eigenvalue weighted by atomic mass is 9.81. The fourth-order valence-corrected chi connectivity index (χ4v) is 3.73. The van der Waals surface area contributed by atoms with Gasteiger partial charge in [0.05, 0.1) is 11.7 Å². The first kappa shape index (κ1) is 16.5. The van der Waals surface area contributed by atoms with E-state index in [2.05, 4.69) is 43.0 Å². The van der Waals surface area contributed by atoms with Crippen LogP contribution >= 0.6 is 0 Å². The lowest BCUT2D eigenvalue weighted by Crippen LogP contribution is -2.33. The summed E-state index contributed by atoms with van der Waals surface area (Å²) in [7, 11) is 0. The van der Waals surface area contributed by atoms with Crippen LogP contribution in [-0.2, 0) is 6.42 Å². The summed E-state index contributed by atoms with van der Waals surface area (Å²) in [6.07, 6.45) is 12.6. The van der Waals surface area contributed by atoms with Gasteiger partial charge >= 0.3 is 0 Å². The molecule has 0 aromatic carbocycles. The molecule has 1 fully saturated rings. The third-order valence-corrected chi connectivity index (χ3v) is 4.88. The van der Waals surface area contributed by atoms with Crippen molar-refractivity contribution in [3.8, 4) is 0 Å². The Bertz CT molecular complexity index is 406. The molecule has 1 aromatic heterocycles. The summed E-state index contributed by atoms with van der Waals surface area (Å²) < 4.78 is 2.24.